The molecule has 0 spiro atoms. The summed E-state index contributed by atoms with van der Waals surface area (Å²) in [5.74, 6) is 0.315. The number of likely N-dealkylation sites (N-methyl/N-ethyl adjacent to an activating group) is 1. The Kier molecular flexibility index (Phi) is 7.77. The number of nitrogens with zero attached hydrogens (tertiary/aromatic N) is 3. The van der Waals surface area contributed by atoms with E-state index < -0.39 is 0 Å². The largest absolute Gasteiger partial charge is 0.373 e. The summed E-state index contributed by atoms with van der Waals surface area (Å²) in [6, 6.07) is 6.27. The van der Waals surface area contributed by atoms with Crippen LogP contribution in [0.3, 0.4) is 0 Å². The number of hydrogen-bond donors (Lipinski definition) is 1. The van der Waals surface area contributed by atoms with E-state index in [1.165, 1.54) is 5.69 Å². The molecule has 0 aliphatic carbocycles. The predicted molar refractivity (Wildman–Crippen MR) is 124 cm³/mol. The molecular weight excluding hydrogens is 376 g/mol. The fourth-order valence-corrected chi connectivity index (χ4v) is 4.85. The maximum absolute atomic E-state index is 13.3. The van der Waals surface area contributed by atoms with Crippen LogP contribution >= 0.6 is 0 Å². The summed E-state index contributed by atoms with van der Waals surface area (Å²) in [5.41, 5.74) is 3.28. The number of rotatable bonds is 6. The maximum atomic E-state index is 13.3. The number of aryl methyl sites for hydroxylation is 1. The third-order valence-corrected chi connectivity index (χ3v) is 6.39. The highest BCUT2D eigenvalue weighted by Crippen LogP contribution is 2.25. The van der Waals surface area contributed by atoms with Crippen LogP contribution in [0.1, 0.15) is 40.2 Å². The van der Waals surface area contributed by atoms with Crippen LogP contribution in [-0.2, 0) is 9.53 Å². The van der Waals surface area contributed by atoms with Gasteiger partial charge in [-0.05, 0) is 57.0 Å². The van der Waals surface area contributed by atoms with Crippen molar-refractivity contribution in [3.8, 4) is 0 Å². The smallest absolute Gasteiger partial charge is 0.242 e. The van der Waals surface area contributed by atoms with Crippen LogP contribution in [0.2, 0.25) is 0 Å². The zero-order valence-corrected chi connectivity index (χ0v) is 19.6. The summed E-state index contributed by atoms with van der Waals surface area (Å²) in [7, 11) is 0. The number of amides is 1. The lowest BCUT2D eigenvalue weighted by molar-refractivity contribution is -0.130. The molecule has 1 aromatic carbocycles. The molecule has 0 bridgehead atoms. The summed E-state index contributed by atoms with van der Waals surface area (Å²) in [4.78, 5) is 20.5. The zero-order valence-electron chi connectivity index (χ0n) is 19.6. The van der Waals surface area contributed by atoms with Crippen molar-refractivity contribution in [1.29, 1.82) is 0 Å². The first kappa shape index (κ1) is 23.0. The molecule has 1 N–H and O–H groups in total. The molecule has 3 rings (SSSR count). The monoisotopic (exact) mass is 416 g/mol. The Hall–Kier alpha value is -1.63. The van der Waals surface area contributed by atoms with Crippen LogP contribution in [0.25, 0.3) is 0 Å². The van der Waals surface area contributed by atoms with E-state index in [-0.39, 0.29) is 30.1 Å². The fraction of sp³-hybridized carbons (Fsp3) is 0.708. The van der Waals surface area contributed by atoms with Crippen molar-refractivity contribution in [2.45, 2.75) is 59.8 Å². The molecule has 2 fully saturated rings. The molecule has 2 saturated heterocycles. The standard InChI is InChI=1S/C24H40N4O2/c1-7-26-10-12-27(13-11-26)21-8-9-22(18(4)14-21)25-24(29)23(17(2)3)28-15-19(5)30-20(6)16-28/h8-9,14,17,19-20,23H,7,10-13,15-16H2,1-6H3,(H,25,29). The van der Waals surface area contributed by atoms with Crippen molar-refractivity contribution < 1.29 is 9.53 Å². The topological polar surface area (TPSA) is 48.0 Å². The highest BCUT2D eigenvalue weighted by molar-refractivity contribution is 5.95. The Morgan fingerprint density at radius 3 is 2.30 bits per heavy atom. The van der Waals surface area contributed by atoms with Crippen molar-refractivity contribution >= 4 is 17.3 Å². The number of carbonyl (C=O) groups is 1. The Bertz CT molecular complexity index is 705. The molecule has 2 aliphatic rings. The van der Waals surface area contributed by atoms with Gasteiger partial charge in [-0.2, -0.15) is 0 Å². The van der Waals surface area contributed by atoms with E-state index >= 15 is 0 Å². The molecule has 6 nitrogen and oxygen atoms in total. The van der Waals surface area contributed by atoms with Crippen LogP contribution in [-0.4, -0.2) is 79.8 Å². The molecule has 6 heteroatoms. The van der Waals surface area contributed by atoms with Gasteiger partial charge < -0.3 is 19.9 Å². The van der Waals surface area contributed by atoms with Crippen molar-refractivity contribution in [3.63, 3.8) is 0 Å². The molecule has 168 valence electrons. The van der Waals surface area contributed by atoms with Crippen molar-refractivity contribution in [2.24, 2.45) is 5.92 Å². The van der Waals surface area contributed by atoms with Gasteiger partial charge >= 0.3 is 0 Å². The summed E-state index contributed by atoms with van der Waals surface area (Å²) in [6.45, 7) is 19.8. The summed E-state index contributed by atoms with van der Waals surface area (Å²) >= 11 is 0. The second kappa shape index (κ2) is 10.1. The molecule has 3 unspecified atom stereocenters. The van der Waals surface area contributed by atoms with Gasteiger partial charge in [-0.3, -0.25) is 9.69 Å². The van der Waals surface area contributed by atoms with Crippen molar-refractivity contribution in [2.75, 3.05) is 56.0 Å². The minimum atomic E-state index is -0.153. The number of piperazine rings is 1. The van der Waals surface area contributed by atoms with Crippen LogP contribution < -0.4 is 10.2 Å². The predicted octanol–water partition coefficient (Wildman–Crippen LogP) is 3.21. The van der Waals surface area contributed by atoms with Gasteiger partial charge in [0.2, 0.25) is 5.91 Å². The maximum Gasteiger partial charge on any atom is 0.242 e. The Morgan fingerprint density at radius 1 is 1.13 bits per heavy atom. The Labute approximate surface area is 182 Å². The first-order valence-corrected chi connectivity index (χ1v) is 11.6. The van der Waals surface area contributed by atoms with E-state index in [9.17, 15) is 4.79 Å². The molecule has 2 heterocycles. The minimum Gasteiger partial charge on any atom is -0.373 e. The number of ether oxygens (including phenoxy) is 1. The van der Waals surface area contributed by atoms with E-state index in [0.717, 1.165) is 57.1 Å². The molecule has 1 amide bonds. The first-order valence-electron chi connectivity index (χ1n) is 11.6. The molecule has 0 aromatic heterocycles. The van der Waals surface area contributed by atoms with Crippen LogP contribution in [0.15, 0.2) is 18.2 Å². The average molecular weight is 417 g/mol. The lowest BCUT2D eigenvalue weighted by Gasteiger charge is -2.41. The summed E-state index contributed by atoms with van der Waals surface area (Å²) in [6.07, 6.45) is 0.300. The van der Waals surface area contributed by atoms with Crippen LogP contribution in [0, 0.1) is 12.8 Å². The lowest BCUT2D eigenvalue weighted by Crippen LogP contribution is -2.55. The number of carbonyl (C=O) groups excluding carboxylic acids is 1. The Morgan fingerprint density at radius 2 is 1.77 bits per heavy atom. The second-order valence-corrected chi connectivity index (χ2v) is 9.31. The second-order valence-electron chi connectivity index (χ2n) is 9.31. The lowest BCUT2D eigenvalue weighted by atomic mass is 9.99. The molecule has 0 saturated carbocycles. The van der Waals surface area contributed by atoms with E-state index in [4.69, 9.17) is 4.74 Å². The number of nitrogens with one attached hydrogen (secondary N) is 1. The first-order chi connectivity index (χ1) is 14.3. The number of morpholine rings is 1. The minimum absolute atomic E-state index is 0.0821. The van der Waals surface area contributed by atoms with Gasteiger partial charge in [0, 0.05) is 50.6 Å². The van der Waals surface area contributed by atoms with Crippen LogP contribution in [0.5, 0.6) is 0 Å². The molecule has 1 aromatic rings. The van der Waals surface area contributed by atoms with Gasteiger partial charge in [-0.25, -0.2) is 0 Å². The summed E-state index contributed by atoms with van der Waals surface area (Å²) in [5, 5.41) is 3.22. The molecule has 2 aliphatic heterocycles. The molecule has 0 radical (unpaired) electrons. The van der Waals surface area contributed by atoms with Gasteiger partial charge in [0.15, 0.2) is 0 Å². The van der Waals surface area contributed by atoms with E-state index in [1.807, 2.05) is 0 Å². The van der Waals surface area contributed by atoms with E-state index in [0.29, 0.717) is 0 Å². The van der Waals surface area contributed by atoms with E-state index in [2.05, 4.69) is 79.8 Å². The van der Waals surface area contributed by atoms with Crippen LogP contribution in [0.4, 0.5) is 11.4 Å². The average Bonchev–Trinajstić information content (AvgIpc) is 2.68. The van der Waals surface area contributed by atoms with E-state index in [1.54, 1.807) is 0 Å². The van der Waals surface area contributed by atoms with Crippen molar-refractivity contribution in [3.05, 3.63) is 23.8 Å². The highest BCUT2D eigenvalue weighted by atomic mass is 16.5. The normalized spacial score (nSPS) is 24.8. The fourth-order valence-electron chi connectivity index (χ4n) is 4.85. The number of benzene rings is 1. The van der Waals surface area contributed by atoms with Gasteiger partial charge in [-0.15, -0.1) is 0 Å². The molecule has 3 atom stereocenters. The zero-order chi connectivity index (χ0) is 21.8. The molecular formula is C24H40N4O2. The third kappa shape index (κ3) is 5.54. The van der Waals surface area contributed by atoms with Gasteiger partial charge in [-0.1, -0.05) is 20.8 Å². The van der Waals surface area contributed by atoms with Gasteiger partial charge in [0.1, 0.15) is 0 Å². The number of anilines is 2. The summed E-state index contributed by atoms with van der Waals surface area (Å²) < 4.78 is 5.87. The van der Waals surface area contributed by atoms with Crippen molar-refractivity contribution in [1.82, 2.24) is 9.80 Å². The van der Waals surface area contributed by atoms with Gasteiger partial charge in [0.05, 0.1) is 18.2 Å². The Balaban J connectivity index is 1.67. The highest BCUT2D eigenvalue weighted by Gasteiger charge is 2.34. The number of hydrogen-bond acceptors (Lipinski definition) is 5. The third-order valence-electron chi connectivity index (χ3n) is 6.39. The molecule has 30 heavy (non-hydrogen) atoms. The van der Waals surface area contributed by atoms with Gasteiger partial charge in [0.25, 0.3) is 0 Å². The SMILES string of the molecule is CCN1CCN(c2ccc(NC(=O)C(C(C)C)N3CC(C)OC(C)C3)c(C)c2)CC1. The quantitative estimate of drug-likeness (QED) is 0.772.